The molecule has 0 atom stereocenters. The quantitative estimate of drug-likeness (QED) is 0.747. The third-order valence-electron chi connectivity index (χ3n) is 2.22. The fourth-order valence-electron chi connectivity index (χ4n) is 1.50. The van der Waals surface area contributed by atoms with Gasteiger partial charge in [0.2, 0.25) is 0 Å². The summed E-state index contributed by atoms with van der Waals surface area (Å²) in [7, 11) is 0. The number of fused-ring (bicyclic) bond motifs is 1. The first-order chi connectivity index (χ1) is 7.52. The van der Waals surface area contributed by atoms with Gasteiger partial charge in [0.05, 0.1) is 0 Å². The third kappa shape index (κ3) is 2.00. The van der Waals surface area contributed by atoms with Crippen LogP contribution in [0.3, 0.4) is 0 Å². The molecule has 0 saturated carbocycles. The Morgan fingerprint density at radius 2 is 2.12 bits per heavy atom. The highest BCUT2D eigenvalue weighted by molar-refractivity contribution is 6.18. The molecular formula is C10H8ClF3N2. The van der Waals surface area contributed by atoms with Gasteiger partial charge in [0, 0.05) is 18.3 Å². The minimum atomic E-state index is -4.41. The van der Waals surface area contributed by atoms with Crippen LogP contribution >= 0.6 is 11.6 Å². The van der Waals surface area contributed by atoms with Crippen LogP contribution in [0.5, 0.6) is 0 Å². The van der Waals surface area contributed by atoms with Gasteiger partial charge in [-0.1, -0.05) is 6.07 Å². The Balaban J connectivity index is 2.57. The number of aryl methyl sites for hydroxylation is 1. The SMILES string of the molecule is FC(F)(F)c1cn2cccc(CCCl)c2n1. The molecule has 0 N–H and O–H groups in total. The molecule has 86 valence electrons. The predicted molar refractivity (Wildman–Crippen MR) is 54.6 cm³/mol. The van der Waals surface area contributed by atoms with Crippen LogP contribution in [0.4, 0.5) is 13.2 Å². The van der Waals surface area contributed by atoms with E-state index in [-0.39, 0.29) is 0 Å². The van der Waals surface area contributed by atoms with Crippen molar-refractivity contribution in [1.82, 2.24) is 9.38 Å². The Morgan fingerprint density at radius 3 is 2.75 bits per heavy atom. The number of pyridine rings is 1. The molecular weight excluding hydrogens is 241 g/mol. The molecule has 0 radical (unpaired) electrons. The van der Waals surface area contributed by atoms with Crippen molar-refractivity contribution < 1.29 is 13.2 Å². The van der Waals surface area contributed by atoms with Crippen LogP contribution < -0.4 is 0 Å². The van der Waals surface area contributed by atoms with Crippen LogP contribution in [0.25, 0.3) is 5.65 Å². The maximum Gasteiger partial charge on any atom is 0.434 e. The van der Waals surface area contributed by atoms with Gasteiger partial charge in [-0.15, -0.1) is 11.6 Å². The van der Waals surface area contributed by atoms with Gasteiger partial charge in [0.15, 0.2) is 5.69 Å². The topological polar surface area (TPSA) is 17.3 Å². The molecule has 2 aromatic heterocycles. The van der Waals surface area contributed by atoms with Crippen molar-refractivity contribution in [1.29, 1.82) is 0 Å². The van der Waals surface area contributed by atoms with E-state index in [1.54, 1.807) is 12.1 Å². The van der Waals surface area contributed by atoms with E-state index in [4.69, 9.17) is 11.6 Å². The van der Waals surface area contributed by atoms with Crippen molar-refractivity contribution in [3.63, 3.8) is 0 Å². The van der Waals surface area contributed by atoms with Gasteiger partial charge in [0.1, 0.15) is 5.65 Å². The first-order valence-electron chi connectivity index (χ1n) is 4.62. The molecule has 2 aromatic rings. The zero-order valence-corrected chi connectivity index (χ0v) is 8.89. The number of hydrogen-bond acceptors (Lipinski definition) is 1. The molecule has 0 saturated heterocycles. The molecule has 16 heavy (non-hydrogen) atoms. The summed E-state index contributed by atoms with van der Waals surface area (Å²) >= 11 is 5.57. The van der Waals surface area contributed by atoms with Crippen molar-refractivity contribution in [3.05, 3.63) is 35.8 Å². The summed E-state index contributed by atoms with van der Waals surface area (Å²) in [5.74, 6) is 0.355. The van der Waals surface area contributed by atoms with E-state index in [9.17, 15) is 13.2 Å². The van der Waals surface area contributed by atoms with E-state index >= 15 is 0 Å². The largest absolute Gasteiger partial charge is 0.434 e. The summed E-state index contributed by atoms with van der Waals surface area (Å²) in [5, 5.41) is 0. The standard InChI is InChI=1S/C10H8ClF3N2/c11-4-3-7-2-1-5-16-6-8(10(12,13)14)15-9(7)16/h1-2,5-6H,3-4H2. The van der Waals surface area contributed by atoms with Crippen molar-refractivity contribution in [2.75, 3.05) is 5.88 Å². The summed E-state index contributed by atoms with van der Waals surface area (Å²) in [4.78, 5) is 3.58. The van der Waals surface area contributed by atoms with E-state index in [1.807, 2.05) is 0 Å². The van der Waals surface area contributed by atoms with E-state index in [2.05, 4.69) is 4.98 Å². The maximum absolute atomic E-state index is 12.4. The number of halogens is 4. The molecule has 2 heterocycles. The number of hydrogen-bond donors (Lipinski definition) is 0. The maximum atomic E-state index is 12.4. The molecule has 6 heteroatoms. The summed E-state index contributed by atoms with van der Waals surface area (Å²) in [6, 6.07) is 3.40. The minimum Gasteiger partial charge on any atom is -0.306 e. The van der Waals surface area contributed by atoms with Gasteiger partial charge < -0.3 is 4.40 Å². The van der Waals surface area contributed by atoms with Gasteiger partial charge in [-0.3, -0.25) is 0 Å². The highest BCUT2D eigenvalue weighted by Crippen LogP contribution is 2.29. The molecule has 0 spiro atoms. The predicted octanol–water partition coefficient (Wildman–Crippen LogP) is 3.13. The monoisotopic (exact) mass is 248 g/mol. The second-order valence-corrected chi connectivity index (χ2v) is 3.71. The normalized spacial score (nSPS) is 12.2. The number of rotatable bonds is 2. The van der Waals surface area contributed by atoms with Crippen molar-refractivity contribution in [2.24, 2.45) is 0 Å². The smallest absolute Gasteiger partial charge is 0.306 e. The molecule has 2 nitrogen and oxygen atoms in total. The molecule has 0 aliphatic rings. The van der Waals surface area contributed by atoms with Crippen LogP contribution in [-0.4, -0.2) is 15.3 Å². The minimum absolute atomic E-state index is 0.315. The van der Waals surface area contributed by atoms with Gasteiger partial charge in [-0.2, -0.15) is 13.2 Å². The molecule has 2 rings (SSSR count). The summed E-state index contributed by atoms with van der Waals surface area (Å²) in [6.45, 7) is 0. The first-order valence-corrected chi connectivity index (χ1v) is 5.15. The van der Waals surface area contributed by atoms with Crippen LogP contribution in [0.2, 0.25) is 0 Å². The Morgan fingerprint density at radius 1 is 1.38 bits per heavy atom. The zero-order valence-electron chi connectivity index (χ0n) is 8.13. The summed E-state index contributed by atoms with van der Waals surface area (Å²) in [6.07, 6.45) is -1.40. The molecule has 0 unspecified atom stereocenters. The van der Waals surface area contributed by atoms with Gasteiger partial charge in [-0.05, 0) is 18.1 Å². The lowest BCUT2D eigenvalue weighted by Gasteiger charge is -2.00. The third-order valence-corrected chi connectivity index (χ3v) is 2.41. The van der Waals surface area contributed by atoms with E-state index in [0.29, 0.717) is 23.5 Å². The molecule has 0 fully saturated rings. The van der Waals surface area contributed by atoms with E-state index in [1.165, 1.54) is 10.6 Å². The van der Waals surface area contributed by atoms with Crippen molar-refractivity contribution >= 4 is 17.2 Å². The lowest BCUT2D eigenvalue weighted by molar-refractivity contribution is -0.140. The number of imidazole rings is 1. The van der Waals surface area contributed by atoms with Crippen LogP contribution in [-0.2, 0) is 12.6 Å². The van der Waals surface area contributed by atoms with Gasteiger partial charge >= 0.3 is 6.18 Å². The average molecular weight is 249 g/mol. The summed E-state index contributed by atoms with van der Waals surface area (Å²) in [5.41, 5.74) is 0.151. The van der Waals surface area contributed by atoms with Crippen LogP contribution in [0.1, 0.15) is 11.3 Å². The fraction of sp³-hybridized carbons (Fsp3) is 0.300. The Kier molecular flexibility index (Phi) is 2.80. The average Bonchev–Trinajstić information content (AvgIpc) is 2.62. The molecule has 0 aliphatic carbocycles. The fourth-order valence-corrected chi connectivity index (χ4v) is 1.71. The second kappa shape index (κ2) is 3.97. The Bertz CT molecular complexity index is 504. The highest BCUT2D eigenvalue weighted by Gasteiger charge is 2.34. The number of alkyl halides is 4. The van der Waals surface area contributed by atoms with E-state index < -0.39 is 11.9 Å². The number of nitrogens with zero attached hydrogens (tertiary/aromatic N) is 2. The van der Waals surface area contributed by atoms with Crippen molar-refractivity contribution in [3.8, 4) is 0 Å². The summed E-state index contributed by atoms with van der Waals surface area (Å²) < 4.78 is 38.7. The Labute approximate surface area is 94.7 Å². The molecule has 0 amide bonds. The highest BCUT2D eigenvalue weighted by atomic mass is 35.5. The van der Waals surface area contributed by atoms with Crippen LogP contribution in [0.15, 0.2) is 24.5 Å². The zero-order chi connectivity index (χ0) is 11.8. The second-order valence-electron chi connectivity index (χ2n) is 3.33. The lowest BCUT2D eigenvalue weighted by atomic mass is 10.2. The van der Waals surface area contributed by atoms with Crippen molar-refractivity contribution in [2.45, 2.75) is 12.6 Å². The molecule has 0 bridgehead atoms. The molecule has 0 aromatic carbocycles. The number of aromatic nitrogens is 2. The van der Waals surface area contributed by atoms with Crippen LogP contribution in [0, 0.1) is 0 Å². The van der Waals surface area contributed by atoms with E-state index in [0.717, 1.165) is 6.20 Å². The molecule has 0 aliphatic heterocycles. The van der Waals surface area contributed by atoms with Gasteiger partial charge in [-0.25, -0.2) is 4.98 Å². The lowest BCUT2D eigenvalue weighted by Crippen LogP contribution is -2.04. The first kappa shape index (κ1) is 11.3. The van der Waals surface area contributed by atoms with Gasteiger partial charge in [0.25, 0.3) is 0 Å². The Hall–Kier alpha value is -1.23.